The summed E-state index contributed by atoms with van der Waals surface area (Å²) in [7, 11) is 1.89. The Hall–Kier alpha value is -3.04. The average molecular weight is 507 g/mol. The molecule has 8 nitrogen and oxygen atoms in total. The number of ether oxygens (including phenoxy) is 1. The van der Waals surface area contributed by atoms with E-state index in [1.54, 1.807) is 4.68 Å². The third kappa shape index (κ3) is 4.28. The van der Waals surface area contributed by atoms with E-state index in [0.29, 0.717) is 12.4 Å². The molecule has 3 aliphatic rings. The van der Waals surface area contributed by atoms with Crippen LogP contribution in [-0.4, -0.2) is 76.7 Å². The Morgan fingerprint density at radius 3 is 2.65 bits per heavy atom. The van der Waals surface area contributed by atoms with Crippen molar-refractivity contribution in [2.45, 2.75) is 38.4 Å². The van der Waals surface area contributed by atoms with Crippen LogP contribution in [0.2, 0.25) is 0 Å². The van der Waals surface area contributed by atoms with Crippen LogP contribution < -0.4 is 10.2 Å². The Bertz CT molecular complexity index is 1340. The van der Waals surface area contributed by atoms with Gasteiger partial charge >= 0.3 is 0 Å². The van der Waals surface area contributed by atoms with E-state index in [2.05, 4.69) is 51.2 Å². The molecule has 0 radical (unpaired) electrons. The third-order valence-corrected chi connectivity index (χ3v) is 8.72. The summed E-state index contributed by atoms with van der Waals surface area (Å²) in [5.41, 5.74) is 2.80. The van der Waals surface area contributed by atoms with Crippen molar-refractivity contribution >= 4 is 28.2 Å². The summed E-state index contributed by atoms with van der Waals surface area (Å²) in [5, 5.41) is 9.61. The first-order valence-corrected chi connectivity index (χ1v) is 13.2. The summed E-state index contributed by atoms with van der Waals surface area (Å²) in [6.07, 6.45) is 2.80. The van der Waals surface area contributed by atoms with E-state index in [-0.39, 0.29) is 30.3 Å². The van der Waals surface area contributed by atoms with Crippen molar-refractivity contribution in [3.8, 4) is 0 Å². The van der Waals surface area contributed by atoms with Gasteiger partial charge in [0.25, 0.3) is 0 Å². The molecule has 2 aliphatic heterocycles. The number of nitrogens with one attached hydrogen (secondary N) is 1. The Morgan fingerprint density at radius 1 is 1.19 bits per heavy atom. The van der Waals surface area contributed by atoms with Crippen LogP contribution in [0.3, 0.4) is 0 Å². The average Bonchev–Trinajstić information content (AvgIpc) is 3.15. The van der Waals surface area contributed by atoms with E-state index >= 15 is 0 Å². The molecular weight excluding hydrogens is 471 g/mol. The summed E-state index contributed by atoms with van der Waals surface area (Å²) in [6, 6.07) is 8.29. The lowest BCUT2D eigenvalue weighted by Gasteiger charge is -2.45. The highest BCUT2D eigenvalue weighted by molar-refractivity contribution is 5.97. The summed E-state index contributed by atoms with van der Waals surface area (Å²) in [6.45, 7) is 10.1. The number of nitrogens with zero attached hydrogens (tertiary/aromatic N) is 5. The summed E-state index contributed by atoms with van der Waals surface area (Å²) in [5.74, 6) is 0.885. The van der Waals surface area contributed by atoms with Gasteiger partial charge in [0.1, 0.15) is 12.0 Å². The van der Waals surface area contributed by atoms with Crippen LogP contribution in [0, 0.1) is 18.8 Å². The largest absolute Gasteiger partial charge is 0.376 e. The molecule has 6 rings (SSSR count). The van der Waals surface area contributed by atoms with Crippen molar-refractivity contribution in [1.82, 2.24) is 19.7 Å². The first-order chi connectivity index (χ1) is 17.7. The number of aromatic nitrogens is 3. The number of aryl methyl sites for hydroxylation is 2. The molecule has 1 amide bonds. The lowest BCUT2D eigenvalue weighted by molar-refractivity contribution is -0.117. The topological polar surface area (TPSA) is 75.5 Å². The molecule has 3 aromatic rings. The predicted molar refractivity (Wildman–Crippen MR) is 142 cm³/mol. The van der Waals surface area contributed by atoms with Crippen LogP contribution in [0.1, 0.15) is 31.0 Å². The molecule has 4 heterocycles. The minimum atomic E-state index is -0.944. The molecule has 37 heavy (non-hydrogen) atoms. The molecule has 1 aromatic carbocycles. The minimum absolute atomic E-state index is 0.00554. The Labute approximate surface area is 216 Å². The summed E-state index contributed by atoms with van der Waals surface area (Å²) < 4.78 is 21.7. The quantitative estimate of drug-likeness (QED) is 0.571. The fourth-order valence-electron chi connectivity index (χ4n) is 6.23. The van der Waals surface area contributed by atoms with Gasteiger partial charge in [-0.3, -0.25) is 14.4 Å². The number of hydrogen-bond acceptors (Lipinski definition) is 6. The molecule has 1 saturated carbocycles. The number of anilines is 2. The zero-order chi connectivity index (χ0) is 25.9. The number of pyridine rings is 1. The summed E-state index contributed by atoms with van der Waals surface area (Å²) >= 11 is 0. The normalized spacial score (nSPS) is 30.1. The van der Waals surface area contributed by atoms with Crippen LogP contribution in [0.25, 0.3) is 10.8 Å². The molecule has 196 valence electrons. The van der Waals surface area contributed by atoms with E-state index in [1.165, 1.54) is 11.3 Å². The number of carbonyl (C=O) groups is 1. The van der Waals surface area contributed by atoms with Gasteiger partial charge in [0.05, 0.1) is 30.4 Å². The SMILES string of the molecule is Cc1cc2cnc(NC(=O)C3C(C)C3c3ccn(C)n3)cc2cc1N1CCN(C2(C)COCC2F)CC1. The molecular formula is C28H35FN6O2. The maximum absolute atomic E-state index is 14.5. The van der Waals surface area contributed by atoms with Crippen LogP contribution in [-0.2, 0) is 16.6 Å². The first kappa shape index (κ1) is 24.3. The van der Waals surface area contributed by atoms with Crippen LogP contribution in [0.4, 0.5) is 15.9 Å². The molecule has 2 aromatic heterocycles. The fraction of sp³-hybridized carbons (Fsp3) is 0.536. The van der Waals surface area contributed by atoms with Gasteiger partial charge in [0, 0.05) is 62.6 Å². The molecule has 5 unspecified atom stereocenters. The second-order valence-electron chi connectivity index (χ2n) is 11.2. The molecule has 3 fully saturated rings. The van der Waals surface area contributed by atoms with Crippen LogP contribution in [0.15, 0.2) is 36.7 Å². The smallest absolute Gasteiger partial charge is 0.229 e. The Balaban J connectivity index is 1.16. The molecule has 2 saturated heterocycles. The van der Waals surface area contributed by atoms with Crippen molar-refractivity contribution in [3.05, 3.63) is 47.9 Å². The lowest BCUT2D eigenvalue weighted by atomic mass is 9.96. The number of hydrogen-bond donors (Lipinski definition) is 1. The zero-order valence-electron chi connectivity index (χ0n) is 21.9. The van der Waals surface area contributed by atoms with E-state index < -0.39 is 11.7 Å². The highest BCUT2D eigenvalue weighted by Crippen LogP contribution is 2.53. The van der Waals surface area contributed by atoms with Crippen molar-refractivity contribution in [1.29, 1.82) is 0 Å². The fourth-order valence-corrected chi connectivity index (χ4v) is 6.23. The van der Waals surface area contributed by atoms with Gasteiger partial charge in [-0.2, -0.15) is 5.10 Å². The maximum Gasteiger partial charge on any atom is 0.229 e. The number of piperazine rings is 1. The molecule has 1 N–H and O–H groups in total. The van der Waals surface area contributed by atoms with Crippen molar-refractivity contribution in [2.24, 2.45) is 18.9 Å². The van der Waals surface area contributed by atoms with Crippen LogP contribution >= 0.6 is 0 Å². The van der Waals surface area contributed by atoms with E-state index in [4.69, 9.17) is 4.74 Å². The minimum Gasteiger partial charge on any atom is -0.376 e. The molecule has 1 aliphatic carbocycles. The number of halogens is 1. The third-order valence-electron chi connectivity index (χ3n) is 8.72. The number of alkyl halides is 1. The van der Waals surface area contributed by atoms with Gasteiger partial charge < -0.3 is 15.0 Å². The van der Waals surface area contributed by atoms with Crippen molar-refractivity contribution in [2.75, 3.05) is 49.6 Å². The van der Waals surface area contributed by atoms with Crippen molar-refractivity contribution in [3.63, 3.8) is 0 Å². The van der Waals surface area contributed by atoms with Crippen LogP contribution in [0.5, 0.6) is 0 Å². The van der Waals surface area contributed by atoms with E-state index in [0.717, 1.165) is 42.6 Å². The Kier molecular flexibility index (Phi) is 5.95. The monoisotopic (exact) mass is 506 g/mol. The lowest BCUT2D eigenvalue weighted by Crippen LogP contribution is -2.59. The van der Waals surface area contributed by atoms with Gasteiger partial charge in [-0.15, -0.1) is 0 Å². The first-order valence-electron chi connectivity index (χ1n) is 13.2. The predicted octanol–water partition coefficient (Wildman–Crippen LogP) is 3.51. The molecule has 0 spiro atoms. The highest BCUT2D eigenvalue weighted by atomic mass is 19.1. The second-order valence-corrected chi connectivity index (χ2v) is 11.2. The number of carbonyl (C=O) groups excluding carboxylic acids is 1. The second kappa shape index (κ2) is 9.06. The number of amides is 1. The van der Waals surface area contributed by atoms with Crippen molar-refractivity contribution < 1.29 is 13.9 Å². The van der Waals surface area contributed by atoms with Gasteiger partial charge in [0.2, 0.25) is 5.91 Å². The number of rotatable bonds is 5. The van der Waals surface area contributed by atoms with Gasteiger partial charge in [0.15, 0.2) is 0 Å². The number of fused-ring (bicyclic) bond motifs is 1. The summed E-state index contributed by atoms with van der Waals surface area (Å²) in [4.78, 5) is 22.2. The van der Waals surface area contributed by atoms with Gasteiger partial charge in [-0.1, -0.05) is 6.92 Å². The molecule has 0 bridgehead atoms. The number of benzene rings is 1. The maximum atomic E-state index is 14.5. The molecule has 5 atom stereocenters. The van der Waals surface area contributed by atoms with E-state index in [1.807, 2.05) is 38.5 Å². The Morgan fingerprint density at radius 2 is 1.97 bits per heavy atom. The van der Waals surface area contributed by atoms with Gasteiger partial charge in [-0.25, -0.2) is 9.37 Å². The van der Waals surface area contributed by atoms with Gasteiger partial charge in [-0.05, 0) is 55.0 Å². The standard InChI is InChI=1S/C28H35FN6O2/c1-17-11-20-14-30-24(31-27(36)26-18(2)25(26)21-5-6-33(4)32-21)13-19(20)12-22(17)34-7-9-35(10-8-34)28(3)16-37-15-23(28)29/h5-6,11-14,18,23,25-26H,7-10,15-16H2,1-4H3,(H,30,31,36). The highest BCUT2D eigenvalue weighted by Gasteiger charge is 2.53. The molecule has 9 heteroatoms. The zero-order valence-corrected chi connectivity index (χ0v) is 21.9. The van der Waals surface area contributed by atoms with E-state index in [9.17, 15) is 9.18 Å².